The molecule has 0 aromatic heterocycles. The van der Waals surface area contributed by atoms with Crippen molar-refractivity contribution < 1.29 is 4.74 Å². The molecule has 0 spiro atoms. The van der Waals surface area contributed by atoms with E-state index in [1.807, 2.05) is 25.1 Å². The fraction of sp³-hybridized carbons (Fsp3) is 0.143. The summed E-state index contributed by atoms with van der Waals surface area (Å²) in [6, 6.07) is 11.2. The first kappa shape index (κ1) is 13.2. The second kappa shape index (κ2) is 5.61. The molecule has 4 heteroatoms. The third kappa shape index (κ3) is 2.78. The molecule has 18 heavy (non-hydrogen) atoms. The zero-order valence-corrected chi connectivity index (χ0v) is 11.4. The molecule has 0 aliphatic heterocycles. The van der Waals surface area contributed by atoms with Gasteiger partial charge in [-0.1, -0.05) is 41.4 Å². The lowest BCUT2D eigenvalue weighted by molar-refractivity contribution is 0.476. The molecule has 2 aromatic carbocycles. The molecule has 0 aliphatic rings. The van der Waals surface area contributed by atoms with Crippen molar-refractivity contribution in [2.75, 3.05) is 0 Å². The van der Waals surface area contributed by atoms with Crippen molar-refractivity contribution in [1.29, 1.82) is 0 Å². The second-order valence-electron chi connectivity index (χ2n) is 3.97. The highest BCUT2D eigenvalue weighted by molar-refractivity contribution is 6.42. The summed E-state index contributed by atoms with van der Waals surface area (Å²) in [7, 11) is 0. The van der Waals surface area contributed by atoms with Crippen LogP contribution in [0, 0.1) is 6.92 Å². The van der Waals surface area contributed by atoms with Gasteiger partial charge in [0.1, 0.15) is 16.5 Å². The summed E-state index contributed by atoms with van der Waals surface area (Å²) in [6.07, 6.45) is 0. The maximum atomic E-state index is 6.09. The molecule has 0 atom stereocenters. The van der Waals surface area contributed by atoms with Crippen LogP contribution >= 0.6 is 23.2 Å². The van der Waals surface area contributed by atoms with Crippen molar-refractivity contribution in [3.05, 3.63) is 57.6 Å². The van der Waals surface area contributed by atoms with E-state index in [1.54, 1.807) is 18.2 Å². The highest BCUT2D eigenvalue weighted by Gasteiger charge is 2.09. The van der Waals surface area contributed by atoms with Gasteiger partial charge in [-0.15, -0.1) is 0 Å². The van der Waals surface area contributed by atoms with E-state index in [2.05, 4.69) is 0 Å². The Morgan fingerprint density at radius 3 is 2.61 bits per heavy atom. The molecule has 0 unspecified atom stereocenters. The van der Waals surface area contributed by atoms with Crippen molar-refractivity contribution in [2.45, 2.75) is 13.5 Å². The first-order valence-electron chi connectivity index (χ1n) is 5.53. The molecular formula is C14H13Cl2NO. The van der Waals surface area contributed by atoms with E-state index in [0.29, 0.717) is 28.1 Å². The average molecular weight is 282 g/mol. The molecule has 2 nitrogen and oxygen atoms in total. The summed E-state index contributed by atoms with van der Waals surface area (Å²) in [4.78, 5) is 0. The largest absolute Gasteiger partial charge is 0.455 e. The van der Waals surface area contributed by atoms with Gasteiger partial charge < -0.3 is 10.5 Å². The van der Waals surface area contributed by atoms with Crippen LogP contribution in [0.4, 0.5) is 0 Å². The molecule has 0 bridgehead atoms. The van der Waals surface area contributed by atoms with Gasteiger partial charge in [0.25, 0.3) is 0 Å². The number of nitrogens with two attached hydrogens (primary N) is 1. The van der Waals surface area contributed by atoms with E-state index in [1.165, 1.54) is 0 Å². The lowest BCUT2D eigenvalue weighted by atomic mass is 10.1. The zero-order chi connectivity index (χ0) is 13.1. The Morgan fingerprint density at radius 2 is 1.89 bits per heavy atom. The minimum atomic E-state index is 0.406. The minimum Gasteiger partial charge on any atom is -0.455 e. The Kier molecular flexibility index (Phi) is 4.12. The van der Waals surface area contributed by atoms with Crippen molar-refractivity contribution in [3.63, 3.8) is 0 Å². The van der Waals surface area contributed by atoms with E-state index in [0.717, 1.165) is 11.1 Å². The van der Waals surface area contributed by atoms with E-state index in [9.17, 15) is 0 Å². The molecule has 0 saturated heterocycles. The number of rotatable bonds is 3. The Balaban J connectivity index is 2.39. The van der Waals surface area contributed by atoms with E-state index in [-0.39, 0.29) is 0 Å². The molecule has 0 radical (unpaired) electrons. The lowest BCUT2D eigenvalue weighted by Crippen LogP contribution is -2.00. The molecule has 0 saturated carbocycles. The van der Waals surface area contributed by atoms with Gasteiger partial charge in [-0.05, 0) is 30.7 Å². The fourth-order valence-corrected chi connectivity index (χ4v) is 1.94. The van der Waals surface area contributed by atoms with Crippen LogP contribution in [0.25, 0.3) is 0 Å². The number of hydrogen-bond donors (Lipinski definition) is 1. The molecule has 2 N–H and O–H groups in total. The summed E-state index contributed by atoms with van der Waals surface area (Å²) in [5.74, 6) is 1.24. The summed E-state index contributed by atoms with van der Waals surface area (Å²) >= 11 is 12.0. The zero-order valence-electron chi connectivity index (χ0n) is 9.91. The van der Waals surface area contributed by atoms with Gasteiger partial charge >= 0.3 is 0 Å². The molecule has 0 aliphatic carbocycles. The maximum Gasteiger partial charge on any atom is 0.147 e. The maximum absolute atomic E-state index is 6.09. The first-order valence-corrected chi connectivity index (χ1v) is 6.29. The van der Waals surface area contributed by atoms with Crippen LogP contribution in [-0.4, -0.2) is 0 Å². The van der Waals surface area contributed by atoms with Crippen LogP contribution in [-0.2, 0) is 6.54 Å². The summed E-state index contributed by atoms with van der Waals surface area (Å²) in [6.45, 7) is 2.40. The van der Waals surface area contributed by atoms with Crippen molar-refractivity contribution in [2.24, 2.45) is 5.73 Å². The summed E-state index contributed by atoms with van der Waals surface area (Å²) < 4.78 is 5.80. The number of hydrogen-bond acceptors (Lipinski definition) is 2. The van der Waals surface area contributed by atoms with Gasteiger partial charge in [0.15, 0.2) is 0 Å². The predicted molar refractivity (Wildman–Crippen MR) is 75.6 cm³/mol. The van der Waals surface area contributed by atoms with Gasteiger partial charge in [-0.3, -0.25) is 0 Å². The quantitative estimate of drug-likeness (QED) is 0.896. The van der Waals surface area contributed by atoms with Crippen LogP contribution in [0.15, 0.2) is 36.4 Å². The van der Waals surface area contributed by atoms with Gasteiger partial charge in [0, 0.05) is 12.1 Å². The number of ether oxygens (including phenoxy) is 1. The van der Waals surface area contributed by atoms with E-state index >= 15 is 0 Å². The summed E-state index contributed by atoms with van der Waals surface area (Å²) in [5.41, 5.74) is 7.71. The Labute approximate surface area is 116 Å². The van der Waals surface area contributed by atoms with Crippen molar-refractivity contribution >= 4 is 23.2 Å². The number of halogens is 2. The SMILES string of the molecule is Cc1ccc(CN)c(Oc2cccc(Cl)c2Cl)c1. The smallest absolute Gasteiger partial charge is 0.147 e. The Hall–Kier alpha value is -1.22. The number of benzene rings is 2. The van der Waals surface area contributed by atoms with Gasteiger partial charge in [0.05, 0.1) is 5.02 Å². The van der Waals surface area contributed by atoms with Crippen LogP contribution in [0.5, 0.6) is 11.5 Å². The average Bonchev–Trinajstić information content (AvgIpc) is 2.35. The third-order valence-electron chi connectivity index (χ3n) is 2.58. The Bertz CT molecular complexity index is 570. The topological polar surface area (TPSA) is 35.2 Å². The monoisotopic (exact) mass is 281 g/mol. The normalized spacial score (nSPS) is 10.4. The highest BCUT2D eigenvalue weighted by atomic mass is 35.5. The van der Waals surface area contributed by atoms with Gasteiger partial charge in [0.2, 0.25) is 0 Å². The summed E-state index contributed by atoms with van der Waals surface area (Å²) in [5, 5.41) is 0.875. The Morgan fingerprint density at radius 1 is 1.11 bits per heavy atom. The lowest BCUT2D eigenvalue weighted by Gasteiger charge is -2.12. The standard InChI is InChI=1S/C14H13Cl2NO/c1-9-5-6-10(8-17)13(7-9)18-12-4-2-3-11(15)14(12)16/h2-7H,8,17H2,1H3. The van der Waals surface area contributed by atoms with Crippen molar-refractivity contribution in [3.8, 4) is 11.5 Å². The van der Waals surface area contributed by atoms with Crippen molar-refractivity contribution in [1.82, 2.24) is 0 Å². The third-order valence-corrected chi connectivity index (χ3v) is 3.38. The molecule has 0 heterocycles. The van der Waals surface area contributed by atoms with Crippen LogP contribution < -0.4 is 10.5 Å². The van der Waals surface area contributed by atoms with Crippen LogP contribution in [0.3, 0.4) is 0 Å². The molecule has 0 amide bonds. The predicted octanol–water partition coefficient (Wildman–Crippen LogP) is 4.55. The van der Waals surface area contributed by atoms with E-state index in [4.69, 9.17) is 33.7 Å². The van der Waals surface area contributed by atoms with Gasteiger partial charge in [-0.2, -0.15) is 0 Å². The molecule has 0 fully saturated rings. The van der Waals surface area contributed by atoms with Gasteiger partial charge in [-0.25, -0.2) is 0 Å². The highest BCUT2D eigenvalue weighted by Crippen LogP contribution is 2.35. The molecular weight excluding hydrogens is 269 g/mol. The van der Waals surface area contributed by atoms with E-state index < -0.39 is 0 Å². The molecule has 94 valence electrons. The molecule has 2 aromatic rings. The first-order chi connectivity index (χ1) is 8.61. The second-order valence-corrected chi connectivity index (χ2v) is 4.75. The van der Waals surface area contributed by atoms with Crippen LogP contribution in [0.2, 0.25) is 10.0 Å². The fourth-order valence-electron chi connectivity index (χ4n) is 1.61. The molecule has 2 rings (SSSR count). The number of aryl methyl sites for hydroxylation is 1. The minimum absolute atomic E-state index is 0.406. The van der Waals surface area contributed by atoms with Crippen LogP contribution in [0.1, 0.15) is 11.1 Å².